The van der Waals surface area contributed by atoms with Gasteiger partial charge in [0.25, 0.3) is 5.91 Å². The lowest BCUT2D eigenvalue weighted by Gasteiger charge is -2.19. The van der Waals surface area contributed by atoms with Crippen molar-refractivity contribution in [3.05, 3.63) is 107 Å². The molecule has 2 N–H and O–H groups in total. The molecule has 0 aliphatic heterocycles. The summed E-state index contributed by atoms with van der Waals surface area (Å²) in [5, 5.41) is 2.82. The summed E-state index contributed by atoms with van der Waals surface area (Å²) in [5.74, 6) is -0.830. The Hall–Kier alpha value is -3.59. The Balaban J connectivity index is 1.78. The summed E-state index contributed by atoms with van der Waals surface area (Å²) in [4.78, 5) is 28.3. The molecule has 3 aromatic rings. The van der Waals surface area contributed by atoms with Crippen LogP contribution in [0.1, 0.15) is 32.6 Å². The highest BCUT2D eigenvalue weighted by Crippen LogP contribution is 2.15. The Kier molecular flexibility index (Phi) is 9.91. The van der Waals surface area contributed by atoms with Gasteiger partial charge in [-0.2, -0.15) is 0 Å². The first-order valence-corrected chi connectivity index (χ1v) is 13.8. The van der Waals surface area contributed by atoms with Gasteiger partial charge in [0.1, 0.15) is 0 Å². The molecule has 0 bridgehead atoms. The molecule has 3 aromatic carbocycles. The lowest BCUT2D eigenvalue weighted by molar-refractivity contribution is -0.119. The van der Waals surface area contributed by atoms with E-state index in [-0.39, 0.29) is 6.42 Å². The highest BCUT2D eigenvalue weighted by Gasteiger charge is 2.23. The highest BCUT2D eigenvalue weighted by molar-refractivity contribution is 7.88. The van der Waals surface area contributed by atoms with Crippen molar-refractivity contribution in [3.8, 4) is 0 Å². The molecule has 1 atom stereocenters. The zero-order valence-corrected chi connectivity index (χ0v) is 22.2. The summed E-state index contributed by atoms with van der Waals surface area (Å²) in [6.07, 6.45) is 5.04. The molecule has 7 nitrogen and oxygen atoms in total. The first-order valence-electron chi connectivity index (χ1n) is 11.9. The summed E-state index contributed by atoms with van der Waals surface area (Å²) in [7, 11) is 0.497. The first kappa shape index (κ1) is 28.0. The van der Waals surface area contributed by atoms with E-state index in [1.807, 2.05) is 80.8 Å². The second-order valence-electron chi connectivity index (χ2n) is 9.18. The molecule has 8 heteroatoms. The van der Waals surface area contributed by atoms with Crippen LogP contribution in [0.2, 0.25) is 0 Å². The van der Waals surface area contributed by atoms with Crippen molar-refractivity contribution in [1.29, 1.82) is 0 Å². The van der Waals surface area contributed by atoms with Gasteiger partial charge < -0.3 is 10.2 Å². The van der Waals surface area contributed by atoms with Gasteiger partial charge in [0.15, 0.2) is 5.78 Å². The summed E-state index contributed by atoms with van der Waals surface area (Å²) in [6.45, 7) is 0.456. The largest absolute Gasteiger partial charge is 0.342 e. The topological polar surface area (TPSA) is 95.6 Å². The van der Waals surface area contributed by atoms with Crippen LogP contribution in [0.4, 0.5) is 0 Å². The lowest BCUT2D eigenvalue weighted by atomic mass is 10.0. The second kappa shape index (κ2) is 13.1. The smallest absolute Gasteiger partial charge is 0.252 e. The maximum Gasteiger partial charge on any atom is 0.252 e. The van der Waals surface area contributed by atoms with Gasteiger partial charge in [-0.05, 0) is 48.8 Å². The predicted molar refractivity (Wildman–Crippen MR) is 148 cm³/mol. The standard InChI is InChI=1S/C29H33N3O4S/c1-32(2)21-24-15-13-22(14-16-24)17-18-25-11-7-8-12-26(25)29(34)31-27(19-23-9-5-4-6-10-23)28(33)20-30-37(3,35)36/h4-18,27,30H,19-21H2,1-3H3,(H,31,34)/t27-/m0/s1. The third kappa shape index (κ3) is 9.42. The van der Waals surface area contributed by atoms with Crippen LogP contribution in [-0.2, 0) is 27.8 Å². The molecular weight excluding hydrogens is 486 g/mol. The van der Waals surface area contributed by atoms with Crippen molar-refractivity contribution in [1.82, 2.24) is 14.9 Å². The number of rotatable bonds is 12. The minimum Gasteiger partial charge on any atom is -0.342 e. The lowest BCUT2D eigenvalue weighted by Crippen LogP contribution is -2.46. The molecule has 194 valence electrons. The molecule has 0 saturated carbocycles. The van der Waals surface area contributed by atoms with Crippen molar-refractivity contribution in [2.75, 3.05) is 26.9 Å². The first-order chi connectivity index (χ1) is 17.6. The number of carbonyl (C=O) groups excluding carboxylic acids is 2. The van der Waals surface area contributed by atoms with Gasteiger partial charge in [0, 0.05) is 12.1 Å². The molecule has 1 amide bonds. The number of hydrogen-bond donors (Lipinski definition) is 2. The Morgan fingerprint density at radius 1 is 0.865 bits per heavy atom. The van der Waals surface area contributed by atoms with Crippen molar-refractivity contribution in [2.45, 2.75) is 19.0 Å². The van der Waals surface area contributed by atoms with Crippen LogP contribution >= 0.6 is 0 Å². The average Bonchev–Trinajstić information content (AvgIpc) is 2.86. The molecule has 0 unspecified atom stereocenters. The molecule has 0 aromatic heterocycles. The quantitative estimate of drug-likeness (QED) is 0.358. The number of hydrogen-bond acceptors (Lipinski definition) is 5. The van der Waals surface area contributed by atoms with Gasteiger partial charge >= 0.3 is 0 Å². The van der Waals surface area contributed by atoms with Gasteiger partial charge in [-0.15, -0.1) is 0 Å². The molecular formula is C29H33N3O4S. The summed E-state index contributed by atoms with van der Waals surface area (Å²) >= 11 is 0. The molecule has 0 spiro atoms. The van der Waals surface area contributed by atoms with Gasteiger partial charge in [0.05, 0.1) is 18.8 Å². The fourth-order valence-electron chi connectivity index (χ4n) is 3.79. The average molecular weight is 520 g/mol. The third-order valence-electron chi connectivity index (χ3n) is 5.62. The zero-order chi connectivity index (χ0) is 26.8. The normalized spacial score (nSPS) is 12.5. The molecule has 37 heavy (non-hydrogen) atoms. The van der Waals surface area contributed by atoms with E-state index in [0.717, 1.165) is 23.9 Å². The van der Waals surface area contributed by atoms with E-state index in [1.54, 1.807) is 12.1 Å². The number of sulfonamides is 1. The van der Waals surface area contributed by atoms with Crippen molar-refractivity contribution in [3.63, 3.8) is 0 Å². The van der Waals surface area contributed by atoms with Gasteiger partial charge in [-0.25, -0.2) is 13.1 Å². The van der Waals surface area contributed by atoms with Crippen LogP contribution in [0.15, 0.2) is 78.9 Å². The highest BCUT2D eigenvalue weighted by atomic mass is 32.2. The molecule has 0 radical (unpaired) electrons. The molecule has 0 aliphatic carbocycles. The number of nitrogens with one attached hydrogen (secondary N) is 2. The van der Waals surface area contributed by atoms with Crippen molar-refractivity contribution < 1.29 is 18.0 Å². The maximum atomic E-state index is 13.3. The number of benzene rings is 3. The second-order valence-corrected chi connectivity index (χ2v) is 11.0. The van der Waals surface area contributed by atoms with Crippen LogP contribution in [0, 0.1) is 0 Å². The number of ketones is 1. The Morgan fingerprint density at radius 3 is 2.16 bits per heavy atom. The van der Waals surface area contributed by atoms with Gasteiger partial charge in [0.2, 0.25) is 10.0 Å². The van der Waals surface area contributed by atoms with E-state index in [4.69, 9.17) is 0 Å². The van der Waals surface area contributed by atoms with Gasteiger partial charge in [-0.1, -0.05) is 84.9 Å². The van der Waals surface area contributed by atoms with Crippen LogP contribution in [0.25, 0.3) is 12.2 Å². The predicted octanol–water partition coefficient (Wildman–Crippen LogP) is 3.38. The van der Waals surface area contributed by atoms with E-state index in [1.165, 1.54) is 5.56 Å². The fraction of sp³-hybridized carbons (Fsp3) is 0.241. The number of amides is 1. The number of carbonyl (C=O) groups is 2. The van der Waals surface area contributed by atoms with Crippen LogP contribution < -0.4 is 10.0 Å². The van der Waals surface area contributed by atoms with Crippen molar-refractivity contribution >= 4 is 33.9 Å². The molecule has 0 heterocycles. The summed E-state index contributed by atoms with van der Waals surface area (Å²) < 4.78 is 25.2. The Morgan fingerprint density at radius 2 is 1.51 bits per heavy atom. The van der Waals surface area contributed by atoms with E-state index >= 15 is 0 Å². The fourth-order valence-corrected chi connectivity index (χ4v) is 4.20. The summed E-state index contributed by atoms with van der Waals surface area (Å²) in [6, 6.07) is 23.7. The third-order valence-corrected chi connectivity index (χ3v) is 6.29. The number of Topliss-reactive ketones (excluding diaryl/α,β-unsaturated/α-hetero) is 1. The molecule has 3 rings (SSSR count). The SMILES string of the molecule is CN(C)Cc1ccc(C=Cc2ccccc2C(=O)N[C@@H](Cc2ccccc2)C(=O)CNS(C)(=O)=O)cc1. The van der Waals surface area contributed by atoms with Crippen LogP contribution in [0.5, 0.6) is 0 Å². The number of nitrogens with zero attached hydrogens (tertiary/aromatic N) is 1. The van der Waals surface area contributed by atoms with Crippen LogP contribution in [0.3, 0.4) is 0 Å². The maximum absolute atomic E-state index is 13.3. The van der Waals surface area contributed by atoms with Gasteiger partial charge in [-0.3, -0.25) is 9.59 Å². The molecule has 0 fully saturated rings. The van der Waals surface area contributed by atoms with E-state index in [9.17, 15) is 18.0 Å². The van der Waals surface area contributed by atoms with E-state index in [2.05, 4.69) is 27.1 Å². The van der Waals surface area contributed by atoms with Crippen molar-refractivity contribution in [2.24, 2.45) is 0 Å². The zero-order valence-electron chi connectivity index (χ0n) is 21.3. The molecule has 0 saturated heterocycles. The van der Waals surface area contributed by atoms with Crippen LogP contribution in [-0.4, -0.2) is 57.9 Å². The Labute approximate surface area is 219 Å². The minimum absolute atomic E-state index is 0.244. The summed E-state index contributed by atoms with van der Waals surface area (Å²) in [5.41, 5.74) is 4.19. The van der Waals surface area contributed by atoms with E-state index < -0.39 is 34.3 Å². The molecule has 0 aliphatic rings. The Bertz CT molecular complexity index is 1340. The van der Waals surface area contributed by atoms with E-state index in [0.29, 0.717) is 11.1 Å². The monoisotopic (exact) mass is 519 g/mol. The minimum atomic E-state index is -3.55.